The first-order valence-electron chi connectivity index (χ1n) is 13.0. The fraction of sp³-hybridized carbons (Fsp3) is 0.500. The fourth-order valence-corrected chi connectivity index (χ4v) is 6.11. The number of anilines is 1. The van der Waals surface area contributed by atoms with Crippen LogP contribution in [0.3, 0.4) is 0 Å². The first-order chi connectivity index (χ1) is 18.0. The smallest absolute Gasteiger partial charge is 0.242 e. The SMILES string of the molecule is Cc1ccc(CN(C(=O)CCCN(c2cc(Cl)ccc2Cl)S(C)(=O)=O)[C@@H](C)C(=O)NC2CCCCC2)cc1. The molecular formula is C28H37Cl2N3O4S. The Morgan fingerprint density at radius 2 is 1.71 bits per heavy atom. The quantitative estimate of drug-likeness (QED) is 0.368. The fourth-order valence-electron chi connectivity index (χ4n) is 4.70. The molecule has 10 heteroatoms. The Kier molecular flexibility index (Phi) is 10.9. The second kappa shape index (κ2) is 13.7. The molecule has 0 heterocycles. The maximum Gasteiger partial charge on any atom is 0.242 e. The lowest BCUT2D eigenvalue weighted by molar-refractivity contribution is -0.141. The van der Waals surface area contributed by atoms with E-state index in [9.17, 15) is 18.0 Å². The van der Waals surface area contributed by atoms with Gasteiger partial charge in [-0.05, 0) is 56.9 Å². The lowest BCUT2D eigenvalue weighted by Gasteiger charge is -2.31. The number of sulfonamides is 1. The number of benzene rings is 2. The first-order valence-corrected chi connectivity index (χ1v) is 15.6. The normalized spacial score (nSPS) is 15.1. The molecule has 0 bridgehead atoms. The molecule has 208 valence electrons. The van der Waals surface area contributed by atoms with Crippen LogP contribution in [0, 0.1) is 6.92 Å². The molecule has 1 fully saturated rings. The minimum absolute atomic E-state index is 0.0473. The van der Waals surface area contributed by atoms with Crippen LogP contribution in [-0.4, -0.2) is 50.0 Å². The first kappa shape index (κ1) is 30.3. The van der Waals surface area contributed by atoms with Crippen LogP contribution < -0.4 is 9.62 Å². The van der Waals surface area contributed by atoms with E-state index in [1.165, 1.54) is 12.5 Å². The van der Waals surface area contributed by atoms with Crippen molar-refractivity contribution in [3.05, 3.63) is 63.6 Å². The predicted octanol–water partition coefficient (Wildman–Crippen LogP) is 5.71. The maximum absolute atomic E-state index is 13.5. The molecule has 1 aliphatic carbocycles. The highest BCUT2D eigenvalue weighted by Gasteiger charge is 2.28. The monoisotopic (exact) mass is 581 g/mol. The molecule has 7 nitrogen and oxygen atoms in total. The number of carbonyl (C=O) groups is 2. The van der Waals surface area contributed by atoms with Gasteiger partial charge in [0.25, 0.3) is 0 Å². The average molecular weight is 583 g/mol. The molecule has 0 aliphatic heterocycles. The van der Waals surface area contributed by atoms with E-state index >= 15 is 0 Å². The summed E-state index contributed by atoms with van der Waals surface area (Å²) in [6, 6.07) is 11.9. The molecule has 0 radical (unpaired) electrons. The number of hydrogen-bond donors (Lipinski definition) is 1. The Morgan fingerprint density at radius 1 is 1.05 bits per heavy atom. The summed E-state index contributed by atoms with van der Waals surface area (Å²) in [5, 5.41) is 3.74. The second-order valence-electron chi connectivity index (χ2n) is 10.1. The number of nitrogens with one attached hydrogen (secondary N) is 1. The van der Waals surface area contributed by atoms with Gasteiger partial charge in [-0.15, -0.1) is 0 Å². The summed E-state index contributed by atoms with van der Waals surface area (Å²) in [7, 11) is -3.67. The summed E-state index contributed by atoms with van der Waals surface area (Å²) >= 11 is 12.3. The van der Waals surface area contributed by atoms with Gasteiger partial charge >= 0.3 is 0 Å². The summed E-state index contributed by atoms with van der Waals surface area (Å²) in [5.74, 6) is -0.386. The van der Waals surface area contributed by atoms with Gasteiger partial charge in [-0.1, -0.05) is 72.3 Å². The molecule has 0 saturated heterocycles. The van der Waals surface area contributed by atoms with Gasteiger partial charge in [-0.2, -0.15) is 0 Å². The zero-order valence-electron chi connectivity index (χ0n) is 22.3. The van der Waals surface area contributed by atoms with Crippen LogP contribution in [0.1, 0.15) is 63.0 Å². The average Bonchev–Trinajstić information content (AvgIpc) is 2.87. The van der Waals surface area contributed by atoms with E-state index in [2.05, 4.69) is 5.32 Å². The number of aryl methyl sites for hydroxylation is 1. The summed E-state index contributed by atoms with van der Waals surface area (Å²) in [6.07, 6.45) is 6.69. The minimum Gasteiger partial charge on any atom is -0.352 e. The van der Waals surface area contributed by atoms with Crippen molar-refractivity contribution in [2.75, 3.05) is 17.1 Å². The van der Waals surface area contributed by atoms with Crippen molar-refractivity contribution in [1.29, 1.82) is 0 Å². The van der Waals surface area contributed by atoms with E-state index in [0.29, 0.717) is 5.02 Å². The maximum atomic E-state index is 13.5. The van der Waals surface area contributed by atoms with Crippen molar-refractivity contribution >= 4 is 50.7 Å². The van der Waals surface area contributed by atoms with Crippen LogP contribution in [-0.2, 0) is 26.2 Å². The van der Waals surface area contributed by atoms with Crippen molar-refractivity contribution < 1.29 is 18.0 Å². The van der Waals surface area contributed by atoms with Gasteiger partial charge in [0.15, 0.2) is 0 Å². The third-order valence-corrected chi connectivity index (χ3v) is 8.66. The topological polar surface area (TPSA) is 86.8 Å². The Hall–Kier alpha value is -2.29. The molecule has 0 spiro atoms. The standard InChI is InChI=1S/C28H37Cl2N3O4S/c1-20-11-13-22(14-12-20)19-32(21(2)28(35)31-24-8-5-4-6-9-24)27(34)10-7-17-33(38(3,36)37)26-18-23(29)15-16-25(26)30/h11-16,18,21,24H,4-10,17,19H2,1-3H3,(H,31,35)/t21-/m0/s1. The second-order valence-corrected chi connectivity index (χ2v) is 12.8. The molecule has 1 saturated carbocycles. The molecule has 1 aliphatic rings. The van der Waals surface area contributed by atoms with Crippen molar-refractivity contribution in [1.82, 2.24) is 10.2 Å². The summed E-state index contributed by atoms with van der Waals surface area (Å²) in [5.41, 5.74) is 2.30. The van der Waals surface area contributed by atoms with Crippen molar-refractivity contribution in [2.24, 2.45) is 0 Å². The minimum atomic E-state index is -3.67. The number of hydrogen-bond acceptors (Lipinski definition) is 4. The van der Waals surface area contributed by atoms with Gasteiger partial charge in [0, 0.05) is 30.6 Å². The molecule has 38 heavy (non-hydrogen) atoms. The van der Waals surface area contributed by atoms with Gasteiger partial charge in [-0.25, -0.2) is 8.42 Å². The third-order valence-electron chi connectivity index (χ3n) is 6.92. The van der Waals surface area contributed by atoms with E-state index < -0.39 is 16.1 Å². The van der Waals surface area contributed by atoms with E-state index in [4.69, 9.17) is 23.2 Å². The molecule has 2 aromatic rings. The van der Waals surface area contributed by atoms with Crippen LogP contribution in [0.5, 0.6) is 0 Å². The predicted molar refractivity (Wildman–Crippen MR) is 154 cm³/mol. The van der Waals surface area contributed by atoms with Gasteiger partial charge < -0.3 is 10.2 Å². The van der Waals surface area contributed by atoms with Crippen LogP contribution in [0.2, 0.25) is 10.0 Å². The summed E-state index contributed by atoms with van der Waals surface area (Å²) in [4.78, 5) is 28.2. The van der Waals surface area contributed by atoms with Crippen LogP contribution in [0.4, 0.5) is 5.69 Å². The molecule has 2 amide bonds. The Bertz CT molecular complexity index is 1220. The lowest BCUT2D eigenvalue weighted by Crippen LogP contribution is -2.50. The van der Waals surface area contributed by atoms with E-state index in [1.807, 2.05) is 31.2 Å². The molecule has 3 rings (SSSR count). The van der Waals surface area contributed by atoms with Gasteiger partial charge in [-0.3, -0.25) is 13.9 Å². The third kappa shape index (κ3) is 8.61. The van der Waals surface area contributed by atoms with Gasteiger partial charge in [0.2, 0.25) is 21.8 Å². The van der Waals surface area contributed by atoms with E-state index in [1.54, 1.807) is 24.0 Å². The Morgan fingerprint density at radius 3 is 2.34 bits per heavy atom. The van der Waals surface area contributed by atoms with Gasteiger partial charge in [0.05, 0.1) is 17.0 Å². The lowest BCUT2D eigenvalue weighted by atomic mass is 9.95. The van der Waals surface area contributed by atoms with Crippen LogP contribution in [0.15, 0.2) is 42.5 Å². The van der Waals surface area contributed by atoms with E-state index in [-0.39, 0.29) is 54.5 Å². The molecule has 1 atom stereocenters. The van der Waals surface area contributed by atoms with E-state index in [0.717, 1.165) is 47.4 Å². The van der Waals surface area contributed by atoms with Crippen molar-refractivity contribution in [3.8, 4) is 0 Å². The zero-order valence-corrected chi connectivity index (χ0v) is 24.6. The summed E-state index contributed by atoms with van der Waals surface area (Å²) in [6.45, 7) is 4.07. The van der Waals surface area contributed by atoms with Crippen LogP contribution >= 0.6 is 23.2 Å². The molecular weight excluding hydrogens is 545 g/mol. The summed E-state index contributed by atoms with van der Waals surface area (Å²) < 4.78 is 26.2. The number of carbonyl (C=O) groups excluding carboxylic acids is 2. The Labute approximate surface area is 236 Å². The molecule has 0 aromatic heterocycles. The van der Waals surface area contributed by atoms with Crippen molar-refractivity contribution in [3.63, 3.8) is 0 Å². The van der Waals surface area contributed by atoms with Gasteiger partial charge in [0.1, 0.15) is 6.04 Å². The Balaban J connectivity index is 1.73. The zero-order chi connectivity index (χ0) is 27.9. The number of halogens is 2. The molecule has 1 N–H and O–H groups in total. The number of nitrogens with zero attached hydrogens (tertiary/aromatic N) is 2. The highest BCUT2D eigenvalue weighted by molar-refractivity contribution is 7.92. The highest BCUT2D eigenvalue weighted by Crippen LogP contribution is 2.31. The van der Waals surface area contributed by atoms with Crippen LogP contribution in [0.25, 0.3) is 0 Å². The molecule has 2 aromatic carbocycles. The highest BCUT2D eigenvalue weighted by atomic mass is 35.5. The largest absolute Gasteiger partial charge is 0.352 e. The molecule has 0 unspecified atom stereocenters. The number of rotatable bonds is 11. The number of amides is 2. The van der Waals surface area contributed by atoms with Crippen molar-refractivity contribution in [2.45, 2.75) is 77.4 Å².